The molecule has 0 radical (unpaired) electrons. The van der Waals surface area contributed by atoms with Crippen LogP contribution in [-0.4, -0.2) is 60.2 Å². The van der Waals surface area contributed by atoms with Gasteiger partial charge in [-0.15, -0.1) is 0 Å². The van der Waals surface area contributed by atoms with Gasteiger partial charge in [-0.3, -0.25) is 4.79 Å². The van der Waals surface area contributed by atoms with E-state index in [0.29, 0.717) is 42.6 Å². The van der Waals surface area contributed by atoms with Crippen molar-refractivity contribution in [3.63, 3.8) is 0 Å². The first-order valence-corrected chi connectivity index (χ1v) is 8.31. The predicted octanol–water partition coefficient (Wildman–Crippen LogP) is 2.13. The first-order valence-electron chi connectivity index (χ1n) is 7.93. The number of morpholine rings is 1. The number of methoxy groups -OCH3 is 1. The second-order valence-electron chi connectivity index (χ2n) is 5.48. The Balaban J connectivity index is 1.80. The van der Waals surface area contributed by atoms with Crippen molar-refractivity contribution in [2.75, 3.05) is 38.7 Å². The van der Waals surface area contributed by atoms with Crippen LogP contribution in [0.4, 0.5) is 11.6 Å². The third-order valence-corrected chi connectivity index (χ3v) is 4.14. The van der Waals surface area contributed by atoms with Crippen LogP contribution in [0.15, 0.2) is 30.5 Å². The molecule has 1 saturated heterocycles. The molecule has 9 heteroatoms. The average molecular weight is 377 g/mol. The minimum Gasteiger partial charge on any atom is -0.465 e. The van der Waals surface area contributed by atoms with Crippen molar-refractivity contribution in [3.05, 3.63) is 46.7 Å². The van der Waals surface area contributed by atoms with Crippen LogP contribution >= 0.6 is 11.6 Å². The lowest BCUT2D eigenvalue weighted by Crippen LogP contribution is -2.41. The summed E-state index contributed by atoms with van der Waals surface area (Å²) in [6.45, 7) is 2.08. The minimum absolute atomic E-state index is 0.187. The first-order chi connectivity index (χ1) is 12.6. The highest BCUT2D eigenvalue weighted by Crippen LogP contribution is 2.25. The molecule has 0 unspecified atom stereocenters. The molecule has 1 amide bonds. The smallest absolute Gasteiger partial charge is 0.337 e. The van der Waals surface area contributed by atoms with E-state index in [2.05, 4.69) is 15.3 Å². The SMILES string of the molecule is COC(=O)c1ccc(Cl)c(Nc2nccc(C(=O)N3CCOCC3)n2)c1. The second kappa shape index (κ2) is 8.11. The van der Waals surface area contributed by atoms with Crippen LogP contribution in [-0.2, 0) is 9.47 Å². The maximum absolute atomic E-state index is 12.5. The molecular formula is C17H17ClN4O4. The Morgan fingerprint density at radius 3 is 2.77 bits per heavy atom. The molecule has 0 atom stereocenters. The summed E-state index contributed by atoms with van der Waals surface area (Å²) in [5.41, 5.74) is 1.04. The number of nitrogens with zero attached hydrogens (tertiary/aromatic N) is 3. The molecule has 2 aromatic rings. The maximum Gasteiger partial charge on any atom is 0.337 e. The lowest BCUT2D eigenvalue weighted by molar-refractivity contribution is 0.0299. The topological polar surface area (TPSA) is 93.6 Å². The Labute approximate surface area is 155 Å². The number of carbonyl (C=O) groups is 2. The van der Waals surface area contributed by atoms with Gasteiger partial charge in [-0.05, 0) is 24.3 Å². The van der Waals surface area contributed by atoms with E-state index in [1.807, 2.05) is 0 Å². The van der Waals surface area contributed by atoms with Gasteiger partial charge in [-0.25, -0.2) is 14.8 Å². The van der Waals surface area contributed by atoms with Gasteiger partial charge in [0.05, 0.1) is 36.6 Å². The highest BCUT2D eigenvalue weighted by molar-refractivity contribution is 6.33. The van der Waals surface area contributed by atoms with Gasteiger partial charge in [0.1, 0.15) is 5.69 Å². The Morgan fingerprint density at radius 2 is 2.04 bits per heavy atom. The molecule has 1 aliphatic heterocycles. The van der Waals surface area contributed by atoms with Gasteiger partial charge < -0.3 is 19.7 Å². The number of amides is 1. The van der Waals surface area contributed by atoms with Crippen molar-refractivity contribution in [2.45, 2.75) is 0 Å². The lowest BCUT2D eigenvalue weighted by atomic mass is 10.2. The lowest BCUT2D eigenvalue weighted by Gasteiger charge is -2.26. The number of halogens is 1. The highest BCUT2D eigenvalue weighted by atomic mass is 35.5. The van der Waals surface area contributed by atoms with E-state index in [0.717, 1.165) is 0 Å². The van der Waals surface area contributed by atoms with E-state index < -0.39 is 5.97 Å². The summed E-state index contributed by atoms with van der Waals surface area (Å²) in [4.78, 5) is 34.2. The molecule has 0 bridgehead atoms. The monoisotopic (exact) mass is 376 g/mol. The van der Waals surface area contributed by atoms with Crippen LogP contribution in [0.3, 0.4) is 0 Å². The number of aromatic nitrogens is 2. The van der Waals surface area contributed by atoms with Crippen molar-refractivity contribution in [1.82, 2.24) is 14.9 Å². The molecule has 1 aromatic heterocycles. The van der Waals surface area contributed by atoms with E-state index in [-0.39, 0.29) is 17.5 Å². The van der Waals surface area contributed by atoms with Gasteiger partial charge in [0.15, 0.2) is 0 Å². The number of ether oxygens (including phenoxy) is 2. The summed E-state index contributed by atoms with van der Waals surface area (Å²) in [7, 11) is 1.30. The van der Waals surface area contributed by atoms with E-state index in [4.69, 9.17) is 21.1 Å². The fourth-order valence-electron chi connectivity index (χ4n) is 2.45. The van der Waals surface area contributed by atoms with Gasteiger partial charge in [-0.2, -0.15) is 0 Å². The number of carbonyl (C=O) groups excluding carboxylic acids is 2. The molecule has 1 aliphatic rings. The number of esters is 1. The summed E-state index contributed by atoms with van der Waals surface area (Å²) in [6.07, 6.45) is 1.49. The van der Waals surface area contributed by atoms with Crippen molar-refractivity contribution >= 4 is 35.1 Å². The van der Waals surface area contributed by atoms with Crippen LogP contribution in [0.1, 0.15) is 20.8 Å². The summed E-state index contributed by atoms with van der Waals surface area (Å²) < 4.78 is 9.95. The number of rotatable bonds is 4. The Hall–Kier alpha value is -2.71. The molecule has 0 spiro atoms. The van der Waals surface area contributed by atoms with Crippen LogP contribution in [0, 0.1) is 0 Å². The van der Waals surface area contributed by atoms with Crippen LogP contribution in [0.25, 0.3) is 0 Å². The van der Waals surface area contributed by atoms with Crippen LogP contribution < -0.4 is 5.32 Å². The summed E-state index contributed by atoms with van der Waals surface area (Å²) in [6, 6.07) is 6.21. The summed E-state index contributed by atoms with van der Waals surface area (Å²) in [5.74, 6) is -0.469. The van der Waals surface area contributed by atoms with Gasteiger partial charge in [0, 0.05) is 19.3 Å². The van der Waals surface area contributed by atoms with Crippen molar-refractivity contribution in [1.29, 1.82) is 0 Å². The second-order valence-corrected chi connectivity index (χ2v) is 5.89. The number of benzene rings is 1. The fourth-order valence-corrected chi connectivity index (χ4v) is 2.62. The average Bonchev–Trinajstić information content (AvgIpc) is 2.69. The summed E-state index contributed by atoms with van der Waals surface area (Å²) >= 11 is 6.16. The summed E-state index contributed by atoms with van der Waals surface area (Å²) in [5, 5.41) is 3.31. The standard InChI is InChI=1S/C17H17ClN4O4/c1-25-16(24)11-2-3-12(18)14(10-11)21-17-19-5-4-13(20-17)15(23)22-6-8-26-9-7-22/h2-5,10H,6-9H2,1H3,(H,19,20,21). The zero-order valence-corrected chi connectivity index (χ0v) is 14.8. The Kier molecular flexibility index (Phi) is 5.65. The molecule has 26 heavy (non-hydrogen) atoms. The predicted molar refractivity (Wildman–Crippen MR) is 94.8 cm³/mol. The Morgan fingerprint density at radius 1 is 1.27 bits per heavy atom. The molecule has 136 valence electrons. The van der Waals surface area contributed by atoms with Crippen molar-refractivity contribution in [2.24, 2.45) is 0 Å². The zero-order chi connectivity index (χ0) is 18.5. The van der Waals surface area contributed by atoms with Crippen LogP contribution in [0.2, 0.25) is 5.02 Å². The van der Waals surface area contributed by atoms with Gasteiger partial charge in [0.25, 0.3) is 5.91 Å². The Bertz CT molecular complexity index is 824. The fraction of sp³-hybridized carbons (Fsp3) is 0.294. The third-order valence-electron chi connectivity index (χ3n) is 3.81. The van der Waals surface area contributed by atoms with Gasteiger partial charge in [-0.1, -0.05) is 11.6 Å². The molecular weight excluding hydrogens is 360 g/mol. The minimum atomic E-state index is -0.484. The normalized spacial score (nSPS) is 14.0. The number of anilines is 2. The number of hydrogen-bond donors (Lipinski definition) is 1. The van der Waals surface area contributed by atoms with E-state index in [1.165, 1.54) is 19.4 Å². The van der Waals surface area contributed by atoms with E-state index in [1.54, 1.807) is 23.1 Å². The molecule has 8 nitrogen and oxygen atoms in total. The molecule has 1 N–H and O–H groups in total. The quantitative estimate of drug-likeness (QED) is 0.817. The van der Waals surface area contributed by atoms with Crippen LogP contribution in [0.5, 0.6) is 0 Å². The highest BCUT2D eigenvalue weighted by Gasteiger charge is 2.20. The first kappa shape index (κ1) is 18.1. The molecule has 1 aromatic carbocycles. The molecule has 0 saturated carbocycles. The van der Waals surface area contributed by atoms with E-state index in [9.17, 15) is 9.59 Å². The van der Waals surface area contributed by atoms with Crippen molar-refractivity contribution in [3.8, 4) is 0 Å². The molecule has 2 heterocycles. The van der Waals surface area contributed by atoms with Gasteiger partial charge in [0.2, 0.25) is 5.95 Å². The molecule has 3 rings (SSSR count). The van der Waals surface area contributed by atoms with E-state index >= 15 is 0 Å². The molecule has 1 fully saturated rings. The zero-order valence-electron chi connectivity index (χ0n) is 14.1. The number of nitrogens with one attached hydrogen (secondary N) is 1. The largest absolute Gasteiger partial charge is 0.465 e. The third kappa shape index (κ3) is 4.09. The van der Waals surface area contributed by atoms with Gasteiger partial charge >= 0.3 is 5.97 Å². The molecule has 0 aliphatic carbocycles. The maximum atomic E-state index is 12.5. The number of hydrogen-bond acceptors (Lipinski definition) is 7. The van der Waals surface area contributed by atoms with Crippen molar-refractivity contribution < 1.29 is 19.1 Å².